The summed E-state index contributed by atoms with van der Waals surface area (Å²) in [6.07, 6.45) is 2.28. The van der Waals surface area contributed by atoms with E-state index in [1.54, 1.807) is 5.41 Å². The van der Waals surface area contributed by atoms with Crippen LogP contribution in [0.3, 0.4) is 0 Å². The average Bonchev–Trinajstić information content (AvgIpc) is 2.05. The molecule has 0 atom stereocenters. The summed E-state index contributed by atoms with van der Waals surface area (Å²) in [5.74, 6) is 0.989. The van der Waals surface area contributed by atoms with Crippen LogP contribution in [0.2, 0.25) is 0 Å². The molecule has 0 N–H and O–H groups in total. The fourth-order valence-corrected chi connectivity index (χ4v) is 1.29. The highest BCUT2D eigenvalue weighted by Gasteiger charge is 1.89. The highest BCUT2D eigenvalue weighted by molar-refractivity contribution is 8.02. The maximum absolute atomic E-state index is 8.33. The SMILES string of the molecule is CCCCSC=C(C#N)C#N. The second-order valence-corrected chi connectivity index (χ2v) is 2.96. The Morgan fingerprint density at radius 3 is 2.55 bits per heavy atom. The number of rotatable bonds is 4. The van der Waals surface area contributed by atoms with Crippen LogP contribution in [0.4, 0.5) is 0 Å². The van der Waals surface area contributed by atoms with E-state index in [9.17, 15) is 0 Å². The maximum Gasteiger partial charge on any atom is 0.135 e. The Labute approximate surface area is 71.5 Å². The number of hydrogen-bond donors (Lipinski definition) is 0. The zero-order valence-corrected chi connectivity index (χ0v) is 7.32. The average molecular weight is 166 g/mol. The molecule has 0 unspecified atom stereocenters. The monoisotopic (exact) mass is 166 g/mol. The van der Waals surface area contributed by atoms with Crippen molar-refractivity contribution in [3.63, 3.8) is 0 Å². The van der Waals surface area contributed by atoms with E-state index in [-0.39, 0.29) is 5.57 Å². The van der Waals surface area contributed by atoms with Crippen LogP contribution in [-0.4, -0.2) is 5.75 Å². The van der Waals surface area contributed by atoms with E-state index in [1.807, 2.05) is 12.1 Å². The van der Waals surface area contributed by atoms with Crippen LogP contribution < -0.4 is 0 Å². The molecule has 0 saturated heterocycles. The molecule has 0 aliphatic carbocycles. The van der Waals surface area contributed by atoms with Gasteiger partial charge in [0.2, 0.25) is 0 Å². The lowest BCUT2D eigenvalue weighted by atomic mass is 10.4. The summed E-state index contributed by atoms with van der Waals surface area (Å²) in [6.45, 7) is 2.11. The van der Waals surface area contributed by atoms with E-state index in [2.05, 4.69) is 6.92 Å². The second kappa shape index (κ2) is 7.18. The van der Waals surface area contributed by atoms with E-state index >= 15 is 0 Å². The first-order valence-electron chi connectivity index (χ1n) is 3.47. The lowest BCUT2D eigenvalue weighted by Crippen LogP contribution is -1.74. The molecule has 0 saturated carbocycles. The van der Waals surface area contributed by atoms with Gasteiger partial charge in [0.15, 0.2) is 0 Å². The smallest absolute Gasteiger partial charge is 0.135 e. The van der Waals surface area contributed by atoms with Crippen molar-refractivity contribution in [1.29, 1.82) is 10.5 Å². The number of hydrogen-bond acceptors (Lipinski definition) is 3. The van der Waals surface area contributed by atoms with Crippen molar-refractivity contribution in [3.05, 3.63) is 11.0 Å². The lowest BCUT2D eigenvalue weighted by Gasteiger charge is -1.90. The number of unbranched alkanes of at least 4 members (excludes halogenated alkanes) is 1. The van der Waals surface area contributed by atoms with Crippen LogP contribution >= 0.6 is 11.8 Å². The topological polar surface area (TPSA) is 47.6 Å². The number of allylic oxidation sites excluding steroid dienone is 1. The summed E-state index contributed by atoms with van der Waals surface area (Å²) < 4.78 is 0. The second-order valence-electron chi connectivity index (χ2n) is 1.98. The van der Waals surface area contributed by atoms with Gasteiger partial charge in [-0.1, -0.05) is 13.3 Å². The van der Waals surface area contributed by atoms with Crippen molar-refractivity contribution < 1.29 is 0 Å². The van der Waals surface area contributed by atoms with Crippen LogP contribution in [0.1, 0.15) is 19.8 Å². The third-order valence-electron chi connectivity index (χ3n) is 1.06. The van der Waals surface area contributed by atoms with Gasteiger partial charge in [0.05, 0.1) is 0 Å². The first-order valence-corrected chi connectivity index (χ1v) is 4.52. The van der Waals surface area contributed by atoms with E-state index in [1.165, 1.54) is 11.8 Å². The quantitative estimate of drug-likeness (QED) is 0.476. The molecule has 0 aromatic heterocycles. The predicted octanol–water partition coefficient (Wildman–Crippen LogP) is 2.45. The molecular formula is C8H10N2S. The first-order chi connectivity index (χ1) is 5.35. The van der Waals surface area contributed by atoms with Gasteiger partial charge in [0.1, 0.15) is 17.7 Å². The Morgan fingerprint density at radius 1 is 1.45 bits per heavy atom. The van der Waals surface area contributed by atoms with Gasteiger partial charge in [-0.25, -0.2) is 0 Å². The third kappa shape index (κ3) is 5.51. The summed E-state index contributed by atoms with van der Waals surface area (Å²) in [4.78, 5) is 0. The standard InChI is InChI=1S/C8H10N2S/c1-2-3-4-11-7-8(5-9)6-10/h7H,2-4H2,1H3. The van der Waals surface area contributed by atoms with Gasteiger partial charge in [-0.15, -0.1) is 11.8 Å². The zero-order valence-electron chi connectivity index (χ0n) is 6.50. The van der Waals surface area contributed by atoms with Crippen LogP contribution in [0, 0.1) is 22.7 Å². The highest BCUT2D eigenvalue weighted by Crippen LogP contribution is 2.08. The zero-order chi connectivity index (χ0) is 8.53. The summed E-state index contributed by atoms with van der Waals surface area (Å²) in [6, 6.07) is 3.62. The minimum absolute atomic E-state index is 0.200. The van der Waals surface area contributed by atoms with E-state index < -0.39 is 0 Å². The van der Waals surface area contributed by atoms with Crippen molar-refractivity contribution in [2.45, 2.75) is 19.8 Å². The molecule has 0 rings (SSSR count). The Morgan fingerprint density at radius 2 is 2.09 bits per heavy atom. The molecule has 0 aliphatic rings. The van der Waals surface area contributed by atoms with Gasteiger partial charge in [0.25, 0.3) is 0 Å². The molecular weight excluding hydrogens is 156 g/mol. The van der Waals surface area contributed by atoms with Gasteiger partial charge in [-0.3, -0.25) is 0 Å². The van der Waals surface area contributed by atoms with Gasteiger partial charge >= 0.3 is 0 Å². The Hall–Kier alpha value is -0.930. The fraction of sp³-hybridized carbons (Fsp3) is 0.500. The van der Waals surface area contributed by atoms with E-state index in [0.29, 0.717) is 0 Å². The van der Waals surface area contributed by atoms with E-state index in [4.69, 9.17) is 10.5 Å². The molecule has 0 aliphatic heterocycles. The summed E-state index contributed by atoms with van der Waals surface area (Å²) in [5, 5.41) is 18.3. The number of thioether (sulfide) groups is 1. The van der Waals surface area contributed by atoms with Crippen molar-refractivity contribution in [1.82, 2.24) is 0 Å². The number of nitrogens with zero attached hydrogens (tertiary/aromatic N) is 2. The molecule has 0 aromatic carbocycles. The number of nitriles is 2. The normalized spacial score (nSPS) is 7.91. The molecule has 0 spiro atoms. The largest absolute Gasteiger partial charge is 0.192 e. The van der Waals surface area contributed by atoms with Crippen molar-refractivity contribution in [2.24, 2.45) is 0 Å². The molecule has 11 heavy (non-hydrogen) atoms. The molecule has 2 nitrogen and oxygen atoms in total. The molecule has 0 fully saturated rings. The van der Waals surface area contributed by atoms with Crippen LogP contribution in [-0.2, 0) is 0 Å². The molecule has 0 radical (unpaired) electrons. The Kier molecular flexibility index (Phi) is 6.57. The first kappa shape index (κ1) is 10.1. The van der Waals surface area contributed by atoms with Gasteiger partial charge in [-0.05, 0) is 17.6 Å². The fourth-order valence-electron chi connectivity index (χ4n) is 0.448. The van der Waals surface area contributed by atoms with Crippen LogP contribution in [0.5, 0.6) is 0 Å². The third-order valence-corrected chi connectivity index (χ3v) is 1.98. The molecule has 58 valence electrons. The summed E-state index contributed by atoms with van der Waals surface area (Å²) in [5.41, 5.74) is 0.200. The van der Waals surface area contributed by atoms with Crippen molar-refractivity contribution in [2.75, 3.05) is 5.75 Å². The molecule has 3 heteroatoms. The van der Waals surface area contributed by atoms with Gasteiger partial charge < -0.3 is 0 Å². The van der Waals surface area contributed by atoms with Crippen LogP contribution in [0.15, 0.2) is 11.0 Å². The van der Waals surface area contributed by atoms with Crippen LogP contribution in [0.25, 0.3) is 0 Å². The molecule has 0 heterocycles. The van der Waals surface area contributed by atoms with Gasteiger partial charge in [0, 0.05) is 0 Å². The summed E-state index contributed by atoms with van der Waals surface area (Å²) in [7, 11) is 0. The maximum atomic E-state index is 8.33. The van der Waals surface area contributed by atoms with Crippen molar-refractivity contribution >= 4 is 11.8 Å². The minimum Gasteiger partial charge on any atom is -0.192 e. The van der Waals surface area contributed by atoms with E-state index in [0.717, 1.165) is 18.6 Å². The lowest BCUT2D eigenvalue weighted by molar-refractivity contribution is 0.898. The Bertz CT molecular complexity index is 191. The van der Waals surface area contributed by atoms with Crippen molar-refractivity contribution in [3.8, 4) is 12.1 Å². The highest BCUT2D eigenvalue weighted by atomic mass is 32.2. The minimum atomic E-state index is 0.200. The molecule has 0 bridgehead atoms. The van der Waals surface area contributed by atoms with Gasteiger partial charge in [-0.2, -0.15) is 10.5 Å². The Balaban J connectivity index is 3.58. The molecule has 0 aromatic rings. The summed E-state index contributed by atoms with van der Waals surface area (Å²) >= 11 is 1.53. The molecule has 0 amide bonds. The predicted molar refractivity (Wildman–Crippen MR) is 46.7 cm³/mol.